The lowest BCUT2D eigenvalue weighted by molar-refractivity contribution is 0.601. The summed E-state index contributed by atoms with van der Waals surface area (Å²) >= 11 is 0. The van der Waals surface area contributed by atoms with Crippen molar-refractivity contribution in [3.05, 3.63) is 97.0 Å². The largest absolute Gasteiger partial charge is 0.454 e. The summed E-state index contributed by atoms with van der Waals surface area (Å²) in [6.45, 7) is 7.42. The van der Waals surface area contributed by atoms with Gasteiger partial charge in [-0.3, -0.25) is 4.98 Å². The zero-order valence-corrected chi connectivity index (χ0v) is 13.9. The van der Waals surface area contributed by atoms with Crippen molar-refractivity contribution in [2.24, 2.45) is 0 Å². The van der Waals surface area contributed by atoms with E-state index in [1.807, 2.05) is 0 Å². The highest BCUT2D eigenvalue weighted by Gasteiger charge is 2.15. The van der Waals surface area contributed by atoms with Gasteiger partial charge in [0.15, 0.2) is 5.58 Å². The van der Waals surface area contributed by atoms with Crippen LogP contribution in [0.2, 0.25) is 0 Å². The Hall–Kier alpha value is -3.71. The molecule has 0 N–H and O–H groups in total. The first kappa shape index (κ1) is 17.1. The van der Waals surface area contributed by atoms with Gasteiger partial charge in [0, 0.05) is 17.8 Å². The lowest BCUT2D eigenvalue weighted by Crippen LogP contribution is -1.85. The first-order chi connectivity index (χ1) is 12.7. The maximum absolute atomic E-state index is 14.1. The van der Waals surface area contributed by atoms with Crippen molar-refractivity contribution in [2.45, 2.75) is 0 Å². The van der Waals surface area contributed by atoms with Gasteiger partial charge in [0.05, 0.1) is 17.2 Å². The Kier molecular flexibility index (Phi) is 4.91. The molecular weight excluding hydrogens is 327 g/mol. The van der Waals surface area contributed by atoms with E-state index in [1.54, 1.807) is 60.8 Å². The molecule has 0 fully saturated rings. The van der Waals surface area contributed by atoms with E-state index in [2.05, 4.69) is 24.2 Å². The standard InChI is InChI=1S/C22H15FN2O/c1-3-7-15(14-24)12-16(4-2)17-10-11-25-20-13-21(26-22(17)20)18-8-5-6-9-19(18)23/h3-13H,1-2H2/b15-7+,16-12+. The molecular formula is C22H15FN2O. The van der Waals surface area contributed by atoms with Gasteiger partial charge in [0.25, 0.3) is 0 Å². The van der Waals surface area contributed by atoms with Gasteiger partial charge >= 0.3 is 0 Å². The molecule has 0 aliphatic rings. The molecule has 3 nitrogen and oxygen atoms in total. The van der Waals surface area contributed by atoms with Crippen LogP contribution in [0.1, 0.15) is 5.56 Å². The highest BCUT2D eigenvalue weighted by molar-refractivity contribution is 5.93. The maximum atomic E-state index is 14.1. The minimum absolute atomic E-state index is 0.366. The molecule has 0 saturated heterocycles. The lowest BCUT2D eigenvalue weighted by Gasteiger charge is -2.03. The number of aromatic nitrogens is 1. The van der Waals surface area contributed by atoms with Crippen molar-refractivity contribution >= 4 is 16.7 Å². The third kappa shape index (κ3) is 3.24. The van der Waals surface area contributed by atoms with Gasteiger partial charge in [-0.15, -0.1) is 0 Å². The molecule has 2 heterocycles. The number of fused-ring (bicyclic) bond motifs is 1. The van der Waals surface area contributed by atoms with E-state index in [9.17, 15) is 9.65 Å². The van der Waals surface area contributed by atoms with Gasteiger partial charge < -0.3 is 4.42 Å². The Morgan fingerprint density at radius 2 is 2.04 bits per heavy atom. The molecule has 0 atom stereocenters. The SMILES string of the molecule is C=C/C=C(C#N)\C=C(/C=C)c1ccnc2cc(-c3ccccc3F)oc12. The Labute approximate surface area is 150 Å². The Balaban J connectivity index is 2.19. The van der Waals surface area contributed by atoms with Gasteiger partial charge in [-0.25, -0.2) is 4.39 Å². The summed E-state index contributed by atoms with van der Waals surface area (Å²) in [7, 11) is 0. The summed E-state index contributed by atoms with van der Waals surface area (Å²) in [6.07, 6.45) is 8.11. The van der Waals surface area contributed by atoms with E-state index in [-0.39, 0.29) is 5.82 Å². The molecule has 0 radical (unpaired) electrons. The van der Waals surface area contributed by atoms with Crippen LogP contribution >= 0.6 is 0 Å². The van der Waals surface area contributed by atoms with E-state index >= 15 is 0 Å². The summed E-state index contributed by atoms with van der Waals surface area (Å²) in [6, 6.07) is 12.0. The van der Waals surface area contributed by atoms with Crippen LogP contribution in [0.15, 0.2) is 90.0 Å². The van der Waals surface area contributed by atoms with Crippen LogP contribution in [0.25, 0.3) is 28.0 Å². The van der Waals surface area contributed by atoms with E-state index in [0.29, 0.717) is 33.6 Å². The predicted octanol–water partition coefficient (Wildman–Crippen LogP) is 5.84. The van der Waals surface area contributed by atoms with Crippen LogP contribution < -0.4 is 0 Å². The molecule has 126 valence electrons. The normalized spacial score (nSPS) is 12.0. The molecule has 0 aliphatic carbocycles. The number of rotatable bonds is 5. The quantitative estimate of drug-likeness (QED) is 0.432. The average Bonchev–Trinajstić information content (AvgIpc) is 3.09. The molecule has 3 rings (SSSR count). The van der Waals surface area contributed by atoms with Crippen LogP contribution in [-0.4, -0.2) is 4.98 Å². The fourth-order valence-corrected chi connectivity index (χ4v) is 2.62. The van der Waals surface area contributed by atoms with Crippen molar-refractivity contribution in [1.29, 1.82) is 5.26 Å². The molecule has 3 aromatic rings. The lowest BCUT2D eigenvalue weighted by atomic mass is 10.0. The highest BCUT2D eigenvalue weighted by Crippen LogP contribution is 2.33. The molecule has 0 aliphatic heterocycles. The number of halogens is 1. The van der Waals surface area contributed by atoms with Crippen LogP contribution in [-0.2, 0) is 0 Å². The smallest absolute Gasteiger partial charge is 0.161 e. The van der Waals surface area contributed by atoms with Gasteiger partial charge in [0.2, 0.25) is 0 Å². The number of allylic oxidation sites excluding steroid dienone is 6. The van der Waals surface area contributed by atoms with Crippen LogP contribution in [0.3, 0.4) is 0 Å². The van der Waals surface area contributed by atoms with E-state index in [1.165, 1.54) is 6.07 Å². The van der Waals surface area contributed by atoms with Gasteiger partial charge in [-0.05, 0) is 35.9 Å². The van der Waals surface area contributed by atoms with Crippen LogP contribution in [0, 0.1) is 17.1 Å². The van der Waals surface area contributed by atoms with Gasteiger partial charge in [0.1, 0.15) is 17.1 Å². The van der Waals surface area contributed by atoms with E-state index in [4.69, 9.17) is 4.42 Å². The van der Waals surface area contributed by atoms with Crippen LogP contribution in [0.5, 0.6) is 0 Å². The van der Waals surface area contributed by atoms with Crippen molar-refractivity contribution in [3.8, 4) is 17.4 Å². The molecule has 2 aromatic heterocycles. The molecule has 0 saturated carbocycles. The number of hydrogen-bond donors (Lipinski definition) is 0. The number of furan rings is 1. The third-order valence-corrected chi connectivity index (χ3v) is 3.82. The monoisotopic (exact) mass is 342 g/mol. The van der Waals surface area contributed by atoms with Crippen molar-refractivity contribution in [2.75, 3.05) is 0 Å². The Bertz CT molecular complexity index is 1100. The summed E-state index contributed by atoms with van der Waals surface area (Å²) in [5, 5.41) is 9.22. The highest BCUT2D eigenvalue weighted by atomic mass is 19.1. The molecule has 0 spiro atoms. The molecule has 4 heteroatoms. The summed E-state index contributed by atoms with van der Waals surface area (Å²) in [5.41, 5.74) is 3.32. The fraction of sp³-hybridized carbons (Fsp3) is 0. The van der Waals surface area contributed by atoms with Gasteiger partial charge in [-0.1, -0.05) is 37.4 Å². The van der Waals surface area contributed by atoms with E-state index < -0.39 is 0 Å². The topological polar surface area (TPSA) is 49.8 Å². The van der Waals surface area contributed by atoms with Crippen molar-refractivity contribution in [3.63, 3.8) is 0 Å². The Morgan fingerprint density at radius 1 is 1.23 bits per heavy atom. The number of hydrogen-bond acceptors (Lipinski definition) is 3. The zero-order valence-electron chi connectivity index (χ0n) is 13.9. The maximum Gasteiger partial charge on any atom is 0.161 e. The number of pyridine rings is 1. The second kappa shape index (κ2) is 7.45. The summed E-state index contributed by atoms with van der Waals surface area (Å²) in [4.78, 5) is 4.30. The van der Waals surface area contributed by atoms with E-state index in [0.717, 1.165) is 5.56 Å². The summed E-state index contributed by atoms with van der Waals surface area (Å²) < 4.78 is 20.0. The zero-order chi connectivity index (χ0) is 18.5. The number of nitriles is 1. The molecule has 0 unspecified atom stereocenters. The first-order valence-electron chi connectivity index (χ1n) is 7.88. The number of benzene rings is 1. The molecule has 0 bridgehead atoms. The first-order valence-corrected chi connectivity index (χ1v) is 7.88. The predicted molar refractivity (Wildman–Crippen MR) is 101 cm³/mol. The Morgan fingerprint density at radius 3 is 2.73 bits per heavy atom. The molecule has 0 amide bonds. The number of nitrogens with zero attached hydrogens (tertiary/aromatic N) is 2. The second-order valence-corrected chi connectivity index (χ2v) is 5.44. The van der Waals surface area contributed by atoms with Gasteiger partial charge in [-0.2, -0.15) is 5.26 Å². The molecule has 26 heavy (non-hydrogen) atoms. The fourth-order valence-electron chi connectivity index (χ4n) is 2.62. The average molecular weight is 342 g/mol. The third-order valence-electron chi connectivity index (χ3n) is 3.82. The minimum Gasteiger partial charge on any atom is -0.454 e. The second-order valence-electron chi connectivity index (χ2n) is 5.44. The van der Waals surface area contributed by atoms with Crippen molar-refractivity contribution < 1.29 is 8.81 Å². The molecule has 1 aromatic carbocycles. The van der Waals surface area contributed by atoms with Crippen LogP contribution in [0.4, 0.5) is 4.39 Å². The van der Waals surface area contributed by atoms with Crippen molar-refractivity contribution in [1.82, 2.24) is 4.98 Å². The summed E-state index contributed by atoms with van der Waals surface area (Å²) in [5.74, 6) is 0.0249. The minimum atomic E-state index is -0.367.